The normalized spacial score (nSPS) is 17.4. The molecule has 1 aromatic heterocycles. The maximum absolute atomic E-state index is 5.22. The van der Waals surface area contributed by atoms with Crippen LogP contribution in [0.15, 0.2) is 4.52 Å². The third-order valence-corrected chi connectivity index (χ3v) is 3.14. The van der Waals surface area contributed by atoms with Gasteiger partial charge in [0.05, 0.1) is 7.11 Å². The molecular weight excluding hydrogens is 274 g/mol. The Hall–Kier alpha value is -0.750. The van der Waals surface area contributed by atoms with E-state index in [-0.39, 0.29) is 0 Å². The molecule has 1 unspecified atom stereocenters. The molecule has 0 saturated carbocycles. The highest BCUT2D eigenvalue weighted by Crippen LogP contribution is 2.23. The van der Waals surface area contributed by atoms with Crippen LogP contribution >= 0.6 is 12.0 Å². The monoisotopic (exact) mass is 303 g/mol. The second-order valence-electron chi connectivity index (χ2n) is 4.76. The molecule has 0 aliphatic carbocycles. The quantitative estimate of drug-likeness (QED) is 0.787. The average molecular weight is 303 g/mol. The van der Waals surface area contributed by atoms with Crippen molar-refractivity contribution in [2.75, 3.05) is 31.4 Å². The fourth-order valence-corrected chi connectivity index (χ4v) is 1.70. The van der Waals surface area contributed by atoms with Crippen LogP contribution in [0.25, 0.3) is 0 Å². The second-order valence-corrected chi connectivity index (χ2v) is 5.43. The van der Waals surface area contributed by atoms with E-state index in [2.05, 4.69) is 40.0 Å². The Morgan fingerprint density at radius 1 is 1.40 bits per heavy atom. The molecule has 0 amide bonds. The zero-order valence-corrected chi connectivity index (χ0v) is 14.7. The molecule has 0 N–H and O–H groups in total. The first-order valence-electron chi connectivity index (χ1n) is 7.23. The first-order valence-corrected chi connectivity index (χ1v) is 8.38. The van der Waals surface area contributed by atoms with Gasteiger partial charge in [-0.05, 0) is 24.4 Å². The Balaban J connectivity index is 0.000000521. The van der Waals surface area contributed by atoms with Crippen molar-refractivity contribution < 1.29 is 8.71 Å². The Kier molecular flexibility index (Phi) is 10.6. The first kappa shape index (κ1) is 19.2. The summed E-state index contributed by atoms with van der Waals surface area (Å²) in [6, 6.07) is 0.693. The van der Waals surface area contributed by atoms with E-state index < -0.39 is 0 Å². The molecule has 6 heteroatoms. The van der Waals surface area contributed by atoms with Gasteiger partial charge in [0.25, 0.3) is 0 Å². The molecular formula is C14H29N3O2S. The van der Waals surface area contributed by atoms with E-state index in [0.29, 0.717) is 11.9 Å². The van der Waals surface area contributed by atoms with Crippen molar-refractivity contribution in [2.24, 2.45) is 5.92 Å². The van der Waals surface area contributed by atoms with Gasteiger partial charge in [-0.1, -0.05) is 39.8 Å². The summed E-state index contributed by atoms with van der Waals surface area (Å²) in [6.07, 6.45) is 3.10. The lowest BCUT2D eigenvalue weighted by atomic mass is 10.2. The van der Waals surface area contributed by atoms with E-state index in [4.69, 9.17) is 4.52 Å². The lowest BCUT2D eigenvalue weighted by Gasteiger charge is -2.10. The Morgan fingerprint density at radius 3 is 2.35 bits per heavy atom. The summed E-state index contributed by atoms with van der Waals surface area (Å²) >= 11 is 1.36. The molecule has 0 radical (unpaired) electrons. The summed E-state index contributed by atoms with van der Waals surface area (Å²) in [5.74, 6) is 1.89. The standard InChI is InChI=1S/C10H17N3O.C2H6OS.C2H6/c1-7(2)9-11-10(14-12-9)13-5-4-8(3)6-13;1-3-4-2;1-2/h7-8H,4-6H2,1-3H3;1-2H3;1-2H3. The third-order valence-electron chi connectivity index (χ3n) is 2.81. The van der Waals surface area contributed by atoms with Crippen molar-refractivity contribution in [3.05, 3.63) is 5.82 Å². The highest BCUT2D eigenvalue weighted by Gasteiger charge is 2.23. The number of rotatable bonds is 3. The molecule has 1 fully saturated rings. The maximum Gasteiger partial charge on any atom is 0.324 e. The van der Waals surface area contributed by atoms with Crippen molar-refractivity contribution >= 4 is 18.1 Å². The van der Waals surface area contributed by atoms with E-state index >= 15 is 0 Å². The van der Waals surface area contributed by atoms with E-state index in [1.807, 2.05) is 20.1 Å². The highest BCUT2D eigenvalue weighted by atomic mass is 32.2. The molecule has 1 aliphatic heterocycles. The Morgan fingerprint density at radius 2 is 2.00 bits per heavy atom. The first-order chi connectivity index (χ1) is 9.58. The van der Waals surface area contributed by atoms with Gasteiger partial charge in [-0.3, -0.25) is 0 Å². The van der Waals surface area contributed by atoms with Gasteiger partial charge in [0.15, 0.2) is 5.82 Å². The van der Waals surface area contributed by atoms with Crippen LogP contribution in [0.2, 0.25) is 0 Å². The summed E-state index contributed by atoms with van der Waals surface area (Å²) in [4.78, 5) is 6.54. The molecule has 0 spiro atoms. The van der Waals surface area contributed by atoms with Crippen molar-refractivity contribution in [3.8, 4) is 0 Å². The number of aromatic nitrogens is 2. The fourth-order valence-electron chi connectivity index (χ4n) is 1.70. The summed E-state index contributed by atoms with van der Waals surface area (Å²) < 4.78 is 9.68. The summed E-state index contributed by atoms with van der Waals surface area (Å²) in [5.41, 5.74) is 0. The predicted molar refractivity (Wildman–Crippen MR) is 86.3 cm³/mol. The van der Waals surface area contributed by atoms with E-state index in [9.17, 15) is 0 Å². The summed E-state index contributed by atoms with van der Waals surface area (Å²) in [5, 5.41) is 3.96. The summed E-state index contributed by atoms with van der Waals surface area (Å²) in [7, 11) is 1.64. The largest absolute Gasteiger partial charge is 0.324 e. The zero-order chi connectivity index (χ0) is 15.5. The van der Waals surface area contributed by atoms with Crippen LogP contribution in [0, 0.1) is 5.92 Å². The lowest BCUT2D eigenvalue weighted by molar-refractivity contribution is 0.407. The molecule has 20 heavy (non-hydrogen) atoms. The molecule has 0 bridgehead atoms. The topological polar surface area (TPSA) is 51.4 Å². The second kappa shape index (κ2) is 11.0. The molecule has 0 aromatic carbocycles. The molecule has 5 nitrogen and oxygen atoms in total. The number of nitrogens with zero attached hydrogens (tertiary/aromatic N) is 3. The maximum atomic E-state index is 5.22. The fraction of sp³-hybridized carbons (Fsp3) is 0.857. The smallest absolute Gasteiger partial charge is 0.324 e. The van der Waals surface area contributed by atoms with Crippen molar-refractivity contribution in [2.45, 2.75) is 47.0 Å². The molecule has 2 heterocycles. The summed E-state index contributed by atoms with van der Waals surface area (Å²) in [6.45, 7) is 12.5. The van der Waals surface area contributed by atoms with Gasteiger partial charge in [-0.25, -0.2) is 0 Å². The SMILES string of the molecule is CC.CC1CCN(c2nc(C(C)C)no2)C1.COSC. The van der Waals surface area contributed by atoms with Gasteiger partial charge >= 0.3 is 6.01 Å². The van der Waals surface area contributed by atoms with Gasteiger partial charge in [0.2, 0.25) is 0 Å². The lowest BCUT2D eigenvalue weighted by Crippen LogP contribution is -2.19. The van der Waals surface area contributed by atoms with Crippen molar-refractivity contribution in [1.82, 2.24) is 10.1 Å². The zero-order valence-electron chi connectivity index (χ0n) is 13.8. The van der Waals surface area contributed by atoms with Crippen LogP contribution in [0.1, 0.15) is 52.8 Å². The molecule has 1 aliphatic rings. The average Bonchev–Trinajstić information content (AvgIpc) is 3.09. The Labute approximate surface area is 127 Å². The van der Waals surface area contributed by atoms with Crippen molar-refractivity contribution in [3.63, 3.8) is 0 Å². The van der Waals surface area contributed by atoms with E-state index in [0.717, 1.165) is 24.8 Å². The van der Waals surface area contributed by atoms with Crippen LogP contribution in [0.5, 0.6) is 0 Å². The molecule has 2 rings (SSSR count). The minimum atomic E-state index is 0.340. The molecule has 1 aromatic rings. The number of hydrogen-bond donors (Lipinski definition) is 0. The predicted octanol–water partition coefficient (Wildman–Crippen LogP) is 3.98. The number of anilines is 1. The third kappa shape index (κ3) is 6.61. The van der Waals surface area contributed by atoms with E-state index in [1.165, 1.54) is 18.5 Å². The van der Waals surface area contributed by atoms with Gasteiger partial charge in [-0.2, -0.15) is 4.98 Å². The number of hydrogen-bond acceptors (Lipinski definition) is 6. The van der Waals surface area contributed by atoms with Gasteiger partial charge in [0.1, 0.15) is 0 Å². The highest BCUT2D eigenvalue weighted by molar-refractivity contribution is 7.93. The van der Waals surface area contributed by atoms with Crippen LogP contribution < -0.4 is 4.90 Å². The van der Waals surface area contributed by atoms with Gasteiger partial charge in [0, 0.05) is 25.3 Å². The van der Waals surface area contributed by atoms with Gasteiger partial charge in [-0.15, -0.1) is 0 Å². The van der Waals surface area contributed by atoms with Crippen LogP contribution in [0.3, 0.4) is 0 Å². The van der Waals surface area contributed by atoms with Crippen LogP contribution in [-0.4, -0.2) is 36.6 Å². The van der Waals surface area contributed by atoms with Gasteiger partial charge < -0.3 is 13.6 Å². The van der Waals surface area contributed by atoms with Crippen molar-refractivity contribution in [1.29, 1.82) is 0 Å². The van der Waals surface area contributed by atoms with E-state index in [1.54, 1.807) is 7.11 Å². The molecule has 1 saturated heterocycles. The molecule has 118 valence electrons. The minimum absolute atomic E-state index is 0.340. The Bertz CT molecular complexity index is 343. The van der Waals surface area contributed by atoms with Crippen LogP contribution in [-0.2, 0) is 4.18 Å². The minimum Gasteiger partial charge on any atom is -0.324 e. The van der Waals surface area contributed by atoms with Crippen LogP contribution in [0.4, 0.5) is 6.01 Å². The molecule has 1 atom stereocenters.